The van der Waals surface area contributed by atoms with E-state index in [1.54, 1.807) is 13.2 Å². The van der Waals surface area contributed by atoms with Crippen LogP contribution in [0.25, 0.3) is 0 Å². The molecule has 3 nitrogen and oxygen atoms in total. The molecular formula is C10H14N2O. The molecule has 0 heterocycles. The summed E-state index contributed by atoms with van der Waals surface area (Å²) in [5, 5.41) is 10.3. The van der Waals surface area contributed by atoms with Crippen molar-refractivity contribution < 1.29 is 4.74 Å². The van der Waals surface area contributed by atoms with Crippen molar-refractivity contribution in [2.24, 2.45) is 0 Å². The summed E-state index contributed by atoms with van der Waals surface area (Å²) in [6.07, 6.45) is 0. The highest BCUT2D eigenvalue weighted by molar-refractivity contribution is 5.45. The molecule has 0 spiro atoms. The van der Waals surface area contributed by atoms with Gasteiger partial charge in [0.25, 0.3) is 0 Å². The highest BCUT2D eigenvalue weighted by Gasteiger charge is 1.88. The Morgan fingerprint density at radius 3 is 2.08 bits per heavy atom. The highest BCUT2D eigenvalue weighted by Crippen LogP contribution is 2.13. The lowest BCUT2D eigenvalue weighted by atomic mass is 10.3. The lowest BCUT2D eigenvalue weighted by Crippen LogP contribution is -1.87. The summed E-state index contributed by atoms with van der Waals surface area (Å²) in [6, 6.07) is 9.54. The monoisotopic (exact) mass is 178 g/mol. The minimum atomic E-state index is 0.888. The SMILES string of the molecule is CC#N.CNc1ccc(OC)cc1. The van der Waals surface area contributed by atoms with Crippen molar-refractivity contribution in [2.75, 3.05) is 19.5 Å². The number of nitrogens with one attached hydrogen (secondary N) is 1. The van der Waals surface area contributed by atoms with Crippen LogP contribution in [0, 0.1) is 11.3 Å². The minimum Gasteiger partial charge on any atom is -0.497 e. The van der Waals surface area contributed by atoms with Gasteiger partial charge in [-0.25, -0.2) is 0 Å². The summed E-state index contributed by atoms with van der Waals surface area (Å²) in [5.41, 5.74) is 1.10. The number of hydrogen-bond acceptors (Lipinski definition) is 3. The molecule has 0 saturated heterocycles. The Morgan fingerprint density at radius 2 is 1.77 bits per heavy atom. The molecule has 70 valence electrons. The number of benzene rings is 1. The summed E-state index contributed by atoms with van der Waals surface area (Å²) in [6.45, 7) is 1.43. The van der Waals surface area contributed by atoms with E-state index in [0.29, 0.717) is 0 Å². The Labute approximate surface area is 79.0 Å². The molecule has 0 aliphatic carbocycles. The zero-order valence-electron chi connectivity index (χ0n) is 8.16. The molecule has 0 unspecified atom stereocenters. The smallest absolute Gasteiger partial charge is 0.119 e. The van der Waals surface area contributed by atoms with Crippen LogP contribution >= 0.6 is 0 Å². The summed E-state index contributed by atoms with van der Waals surface area (Å²) in [4.78, 5) is 0. The Kier molecular flexibility index (Phi) is 6.08. The van der Waals surface area contributed by atoms with Crippen molar-refractivity contribution in [3.63, 3.8) is 0 Å². The molecule has 1 N–H and O–H groups in total. The molecule has 13 heavy (non-hydrogen) atoms. The first-order chi connectivity index (χ1) is 6.28. The fourth-order valence-electron chi connectivity index (χ4n) is 0.758. The number of methoxy groups -OCH3 is 1. The van der Waals surface area contributed by atoms with Gasteiger partial charge in [0.05, 0.1) is 13.2 Å². The Bertz CT molecular complexity index is 238. The third-order valence-electron chi connectivity index (χ3n) is 1.38. The van der Waals surface area contributed by atoms with Gasteiger partial charge < -0.3 is 10.1 Å². The van der Waals surface area contributed by atoms with Crippen LogP contribution in [0.5, 0.6) is 5.75 Å². The van der Waals surface area contributed by atoms with E-state index in [9.17, 15) is 0 Å². The number of nitrogens with zero attached hydrogens (tertiary/aromatic N) is 1. The van der Waals surface area contributed by atoms with Crippen LogP contribution in [0.1, 0.15) is 6.92 Å². The topological polar surface area (TPSA) is 45.0 Å². The summed E-state index contributed by atoms with van der Waals surface area (Å²) >= 11 is 0. The van der Waals surface area contributed by atoms with Crippen molar-refractivity contribution >= 4 is 5.69 Å². The number of ether oxygens (including phenoxy) is 1. The van der Waals surface area contributed by atoms with Gasteiger partial charge in [0.15, 0.2) is 0 Å². The van der Waals surface area contributed by atoms with Gasteiger partial charge in [-0.15, -0.1) is 0 Å². The zero-order chi connectivity index (χ0) is 10.1. The predicted molar refractivity (Wildman–Crippen MR) is 53.8 cm³/mol. The fraction of sp³-hybridized carbons (Fsp3) is 0.300. The average molecular weight is 178 g/mol. The molecule has 0 aromatic heterocycles. The van der Waals surface area contributed by atoms with Crippen molar-refractivity contribution in [2.45, 2.75) is 6.92 Å². The molecule has 3 heteroatoms. The largest absolute Gasteiger partial charge is 0.497 e. The lowest BCUT2D eigenvalue weighted by molar-refractivity contribution is 0.415. The van der Waals surface area contributed by atoms with E-state index < -0.39 is 0 Å². The molecule has 1 aromatic rings. The second kappa shape index (κ2) is 6.99. The van der Waals surface area contributed by atoms with Gasteiger partial charge >= 0.3 is 0 Å². The van der Waals surface area contributed by atoms with E-state index in [-0.39, 0.29) is 0 Å². The van der Waals surface area contributed by atoms with E-state index in [2.05, 4.69) is 5.32 Å². The van der Waals surface area contributed by atoms with Crippen LogP contribution in [0.2, 0.25) is 0 Å². The van der Waals surface area contributed by atoms with Crippen LogP contribution in [0.4, 0.5) is 5.69 Å². The van der Waals surface area contributed by atoms with Gasteiger partial charge in [0.1, 0.15) is 5.75 Å². The molecule has 0 saturated carbocycles. The van der Waals surface area contributed by atoms with Crippen LogP contribution < -0.4 is 10.1 Å². The van der Waals surface area contributed by atoms with Gasteiger partial charge in [0, 0.05) is 19.7 Å². The molecular weight excluding hydrogens is 164 g/mol. The summed E-state index contributed by atoms with van der Waals surface area (Å²) in [5.74, 6) is 0.888. The third-order valence-corrected chi connectivity index (χ3v) is 1.38. The zero-order valence-corrected chi connectivity index (χ0v) is 8.16. The van der Waals surface area contributed by atoms with Crippen molar-refractivity contribution in [1.82, 2.24) is 0 Å². The molecule has 0 bridgehead atoms. The average Bonchev–Trinajstić information content (AvgIpc) is 2.19. The molecule has 0 atom stereocenters. The number of anilines is 1. The van der Waals surface area contributed by atoms with E-state index in [0.717, 1.165) is 11.4 Å². The fourth-order valence-corrected chi connectivity index (χ4v) is 0.758. The van der Waals surface area contributed by atoms with Gasteiger partial charge in [0.2, 0.25) is 0 Å². The molecule has 0 amide bonds. The second-order valence-electron chi connectivity index (χ2n) is 2.20. The molecule has 0 fully saturated rings. The second-order valence-corrected chi connectivity index (χ2v) is 2.20. The van der Waals surface area contributed by atoms with E-state index >= 15 is 0 Å². The number of hydrogen-bond donors (Lipinski definition) is 1. The van der Waals surface area contributed by atoms with Crippen LogP contribution in [0.3, 0.4) is 0 Å². The van der Waals surface area contributed by atoms with E-state index in [1.807, 2.05) is 31.3 Å². The first-order valence-electron chi connectivity index (χ1n) is 3.91. The molecule has 0 aliphatic heterocycles. The maximum Gasteiger partial charge on any atom is 0.119 e. The van der Waals surface area contributed by atoms with Crippen molar-refractivity contribution in [3.05, 3.63) is 24.3 Å². The Balaban J connectivity index is 0.000000424. The van der Waals surface area contributed by atoms with Gasteiger partial charge in [-0.1, -0.05) is 0 Å². The van der Waals surface area contributed by atoms with E-state index in [1.165, 1.54) is 6.92 Å². The quantitative estimate of drug-likeness (QED) is 0.755. The minimum absolute atomic E-state index is 0.888. The van der Waals surface area contributed by atoms with Gasteiger partial charge in [-0.05, 0) is 24.3 Å². The summed E-state index contributed by atoms with van der Waals surface area (Å²) in [7, 11) is 3.55. The molecule has 0 aliphatic rings. The van der Waals surface area contributed by atoms with Crippen LogP contribution in [-0.2, 0) is 0 Å². The summed E-state index contributed by atoms with van der Waals surface area (Å²) < 4.78 is 4.99. The number of rotatable bonds is 2. The van der Waals surface area contributed by atoms with Crippen LogP contribution in [0.15, 0.2) is 24.3 Å². The standard InChI is InChI=1S/C8H11NO.C2H3N/c1-9-7-3-5-8(10-2)6-4-7;1-2-3/h3-6,9H,1-2H3;1H3. The van der Waals surface area contributed by atoms with Gasteiger partial charge in [-0.2, -0.15) is 5.26 Å². The maximum absolute atomic E-state index is 7.32. The molecule has 1 aromatic carbocycles. The lowest BCUT2D eigenvalue weighted by Gasteiger charge is -2.00. The Hall–Kier alpha value is -1.69. The molecule has 1 rings (SSSR count). The van der Waals surface area contributed by atoms with E-state index in [4.69, 9.17) is 10.00 Å². The first-order valence-corrected chi connectivity index (χ1v) is 3.91. The maximum atomic E-state index is 7.32. The normalized spacial score (nSPS) is 7.54. The van der Waals surface area contributed by atoms with Crippen molar-refractivity contribution in [3.8, 4) is 11.8 Å². The first kappa shape index (κ1) is 11.3. The highest BCUT2D eigenvalue weighted by atomic mass is 16.5. The number of nitriles is 1. The predicted octanol–water partition coefficient (Wildman–Crippen LogP) is 2.27. The molecule has 0 radical (unpaired) electrons. The van der Waals surface area contributed by atoms with Gasteiger partial charge in [-0.3, -0.25) is 0 Å². The van der Waals surface area contributed by atoms with Crippen LogP contribution in [-0.4, -0.2) is 14.2 Å². The third kappa shape index (κ3) is 4.70. The Morgan fingerprint density at radius 1 is 1.31 bits per heavy atom. The van der Waals surface area contributed by atoms with Crippen molar-refractivity contribution in [1.29, 1.82) is 5.26 Å².